The maximum Gasteiger partial charge on any atom is 0.269 e. The van der Waals surface area contributed by atoms with E-state index >= 15 is 0 Å². The fourth-order valence-corrected chi connectivity index (χ4v) is 2.74. The van der Waals surface area contributed by atoms with E-state index in [0.29, 0.717) is 12.2 Å². The zero-order chi connectivity index (χ0) is 14.7. The summed E-state index contributed by atoms with van der Waals surface area (Å²) >= 11 is 0. The lowest BCUT2D eigenvalue weighted by Crippen LogP contribution is -2.40. The Morgan fingerprint density at radius 1 is 1.29 bits per heavy atom. The summed E-state index contributed by atoms with van der Waals surface area (Å²) in [5, 5.41) is 19.9. The number of carbonyl (C=O) groups excluding carboxylic acids is 1. The van der Waals surface area contributed by atoms with Gasteiger partial charge in [-0.15, -0.1) is 0 Å². The molecule has 1 aromatic heterocycles. The third-order valence-corrected chi connectivity index (χ3v) is 4.00. The van der Waals surface area contributed by atoms with Gasteiger partial charge in [-0.05, 0) is 18.9 Å². The number of carbonyl (C=O) groups is 1. The van der Waals surface area contributed by atoms with Gasteiger partial charge >= 0.3 is 0 Å². The Morgan fingerprint density at radius 3 is 2.71 bits per heavy atom. The van der Waals surface area contributed by atoms with Gasteiger partial charge in [0.05, 0.1) is 11.3 Å². The largest absolute Gasteiger partial charge is 0.388 e. The highest BCUT2D eigenvalue weighted by Gasteiger charge is 2.31. The number of H-pyrrole nitrogens is 1. The minimum Gasteiger partial charge on any atom is -0.388 e. The fourth-order valence-electron chi connectivity index (χ4n) is 2.74. The Labute approximate surface area is 123 Å². The Kier molecular flexibility index (Phi) is 3.75. The van der Waals surface area contributed by atoms with Crippen LogP contribution in [0.25, 0.3) is 11.3 Å². The number of nitrogens with one attached hydrogen (secondary N) is 2. The first-order chi connectivity index (χ1) is 10.2. The number of hydrogen-bond acceptors (Lipinski definition) is 3. The van der Waals surface area contributed by atoms with Gasteiger partial charge in [0.15, 0.2) is 0 Å². The molecule has 0 atom stereocenters. The van der Waals surface area contributed by atoms with Gasteiger partial charge in [0.25, 0.3) is 5.91 Å². The number of hydrogen-bond donors (Lipinski definition) is 3. The fraction of sp³-hybridized carbons (Fsp3) is 0.375. The van der Waals surface area contributed by atoms with Crippen LogP contribution in [0.15, 0.2) is 36.4 Å². The van der Waals surface area contributed by atoms with Crippen molar-refractivity contribution in [3.63, 3.8) is 0 Å². The van der Waals surface area contributed by atoms with E-state index in [0.717, 1.165) is 36.9 Å². The first kappa shape index (κ1) is 13.8. The summed E-state index contributed by atoms with van der Waals surface area (Å²) in [6.45, 7) is 0.297. The van der Waals surface area contributed by atoms with Gasteiger partial charge in [-0.3, -0.25) is 9.89 Å². The van der Waals surface area contributed by atoms with E-state index in [1.807, 2.05) is 30.3 Å². The van der Waals surface area contributed by atoms with Crippen molar-refractivity contribution >= 4 is 5.91 Å². The van der Waals surface area contributed by atoms with Crippen LogP contribution in [-0.4, -0.2) is 33.4 Å². The highest BCUT2D eigenvalue weighted by atomic mass is 16.3. The van der Waals surface area contributed by atoms with E-state index in [1.165, 1.54) is 0 Å². The molecule has 1 heterocycles. The maximum absolute atomic E-state index is 12.1. The molecule has 0 saturated heterocycles. The zero-order valence-corrected chi connectivity index (χ0v) is 11.8. The first-order valence-electron chi connectivity index (χ1n) is 7.28. The highest BCUT2D eigenvalue weighted by molar-refractivity contribution is 5.93. The standard InChI is InChI=1S/C16H19N3O2/c20-15(17-11-16(21)8-4-5-9-16)14-10-13(18-19-14)12-6-2-1-3-7-12/h1-3,6-7,10,21H,4-5,8-9,11H2,(H,17,20)(H,18,19). The predicted octanol–water partition coefficient (Wildman–Crippen LogP) is 2.11. The highest BCUT2D eigenvalue weighted by Crippen LogP contribution is 2.28. The molecule has 1 aliphatic rings. The molecular weight excluding hydrogens is 266 g/mol. The molecule has 0 spiro atoms. The summed E-state index contributed by atoms with van der Waals surface area (Å²) in [7, 11) is 0. The molecule has 1 fully saturated rings. The van der Waals surface area contributed by atoms with Gasteiger partial charge in [-0.2, -0.15) is 5.10 Å². The van der Waals surface area contributed by atoms with Crippen LogP contribution in [0.4, 0.5) is 0 Å². The summed E-state index contributed by atoms with van der Waals surface area (Å²) in [6, 6.07) is 11.4. The van der Waals surface area contributed by atoms with Crippen molar-refractivity contribution in [1.82, 2.24) is 15.5 Å². The Bertz CT molecular complexity index is 615. The zero-order valence-electron chi connectivity index (χ0n) is 11.8. The molecule has 3 rings (SSSR count). The quantitative estimate of drug-likeness (QED) is 0.805. The van der Waals surface area contributed by atoms with Crippen LogP contribution in [0.5, 0.6) is 0 Å². The van der Waals surface area contributed by atoms with Crippen LogP contribution in [0, 0.1) is 0 Å². The van der Waals surface area contributed by atoms with Gasteiger partial charge in [0, 0.05) is 12.1 Å². The lowest BCUT2D eigenvalue weighted by atomic mass is 10.0. The molecule has 3 N–H and O–H groups in total. The molecule has 5 heteroatoms. The first-order valence-corrected chi connectivity index (χ1v) is 7.28. The van der Waals surface area contributed by atoms with Gasteiger partial charge in [0.2, 0.25) is 0 Å². The van der Waals surface area contributed by atoms with Gasteiger partial charge in [-0.25, -0.2) is 0 Å². The summed E-state index contributed by atoms with van der Waals surface area (Å²) in [6.07, 6.45) is 3.56. The molecule has 0 unspecified atom stereocenters. The molecule has 1 aromatic carbocycles. The normalized spacial score (nSPS) is 16.8. The number of aliphatic hydroxyl groups is 1. The van der Waals surface area contributed by atoms with Crippen molar-refractivity contribution in [3.05, 3.63) is 42.1 Å². The SMILES string of the molecule is O=C(NCC1(O)CCCC1)c1cc(-c2ccccc2)n[nH]1. The maximum atomic E-state index is 12.1. The number of amides is 1. The van der Waals surface area contributed by atoms with E-state index in [4.69, 9.17) is 0 Å². The molecule has 0 bridgehead atoms. The van der Waals surface area contributed by atoms with Gasteiger partial charge in [0.1, 0.15) is 5.69 Å². The number of benzene rings is 1. The van der Waals surface area contributed by atoms with Crippen molar-refractivity contribution in [1.29, 1.82) is 0 Å². The van der Waals surface area contributed by atoms with E-state index in [1.54, 1.807) is 6.07 Å². The number of aromatic amines is 1. The second-order valence-electron chi connectivity index (χ2n) is 5.65. The molecule has 110 valence electrons. The van der Waals surface area contributed by atoms with E-state index in [9.17, 15) is 9.90 Å². The minimum absolute atomic E-state index is 0.231. The summed E-state index contributed by atoms with van der Waals surface area (Å²) < 4.78 is 0. The molecule has 2 aromatic rings. The van der Waals surface area contributed by atoms with Crippen LogP contribution >= 0.6 is 0 Å². The monoisotopic (exact) mass is 285 g/mol. The second-order valence-corrected chi connectivity index (χ2v) is 5.65. The summed E-state index contributed by atoms with van der Waals surface area (Å²) in [5.74, 6) is -0.231. The summed E-state index contributed by atoms with van der Waals surface area (Å²) in [5.41, 5.74) is 1.37. The Hall–Kier alpha value is -2.14. The van der Waals surface area contributed by atoms with Crippen LogP contribution in [-0.2, 0) is 0 Å². The van der Waals surface area contributed by atoms with Crippen molar-refractivity contribution in [2.75, 3.05) is 6.54 Å². The van der Waals surface area contributed by atoms with Crippen LogP contribution in [0.3, 0.4) is 0 Å². The van der Waals surface area contributed by atoms with Crippen molar-refractivity contribution in [3.8, 4) is 11.3 Å². The Balaban J connectivity index is 1.64. The molecule has 0 aliphatic heterocycles. The third kappa shape index (κ3) is 3.13. The third-order valence-electron chi connectivity index (χ3n) is 4.00. The topological polar surface area (TPSA) is 78.0 Å². The van der Waals surface area contributed by atoms with Gasteiger partial charge in [-0.1, -0.05) is 43.2 Å². The van der Waals surface area contributed by atoms with E-state index in [-0.39, 0.29) is 5.91 Å². The molecule has 1 saturated carbocycles. The average Bonchev–Trinajstić information content (AvgIpc) is 3.16. The van der Waals surface area contributed by atoms with Crippen molar-refractivity contribution in [2.24, 2.45) is 0 Å². The average molecular weight is 285 g/mol. The molecule has 5 nitrogen and oxygen atoms in total. The van der Waals surface area contributed by atoms with Crippen molar-refractivity contribution < 1.29 is 9.90 Å². The molecular formula is C16H19N3O2. The molecule has 21 heavy (non-hydrogen) atoms. The number of nitrogens with zero attached hydrogens (tertiary/aromatic N) is 1. The number of rotatable bonds is 4. The van der Waals surface area contributed by atoms with E-state index in [2.05, 4.69) is 15.5 Å². The summed E-state index contributed by atoms with van der Waals surface area (Å²) in [4.78, 5) is 12.1. The van der Waals surface area contributed by atoms with Gasteiger partial charge < -0.3 is 10.4 Å². The minimum atomic E-state index is -0.738. The molecule has 0 radical (unpaired) electrons. The lowest BCUT2D eigenvalue weighted by Gasteiger charge is -2.21. The van der Waals surface area contributed by atoms with Crippen LogP contribution in [0.2, 0.25) is 0 Å². The lowest BCUT2D eigenvalue weighted by molar-refractivity contribution is 0.0448. The second kappa shape index (κ2) is 5.69. The van der Waals surface area contributed by atoms with E-state index < -0.39 is 5.60 Å². The molecule has 1 aliphatic carbocycles. The Morgan fingerprint density at radius 2 is 2.00 bits per heavy atom. The smallest absolute Gasteiger partial charge is 0.269 e. The predicted molar refractivity (Wildman–Crippen MR) is 79.8 cm³/mol. The molecule has 1 amide bonds. The van der Waals surface area contributed by atoms with Crippen molar-refractivity contribution in [2.45, 2.75) is 31.3 Å². The number of aromatic nitrogens is 2. The van der Waals surface area contributed by atoms with Crippen LogP contribution < -0.4 is 5.32 Å². The van der Waals surface area contributed by atoms with Crippen LogP contribution in [0.1, 0.15) is 36.2 Å².